The second-order valence-electron chi connectivity index (χ2n) is 7.23. The first-order valence-corrected chi connectivity index (χ1v) is 10.2. The van der Waals surface area contributed by atoms with Crippen LogP contribution >= 0.6 is 22.6 Å². The molecule has 29 heavy (non-hydrogen) atoms. The van der Waals surface area contributed by atoms with Crippen LogP contribution in [0, 0.1) is 16.5 Å². The number of nitrogen functional groups attached to an aromatic ring is 1. The fraction of sp³-hybridized carbons (Fsp3) is 0.588. The molecule has 0 aromatic carbocycles. The van der Waals surface area contributed by atoms with E-state index in [1.54, 1.807) is 0 Å². The van der Waals surface area contributed by atoms with Gasteiger partial charge in [-0.15, -0.1) is 0 Å². The minimum absolute atomic E-state index is 0.160. The van der Waals surface area contributed by atoms with Crippen molar-refractivity contribution >= 4 is 34.4 Å². The molecule has 2 fully saturated rings. The maximum absolute atomic E-state index is 13.3. The van der Waals surface area contributed by atoms with E-state index in [2.05, 4.69) is 43.0 Å². The number of anilines is 2. The highest BCUT2D eigenvalue weighted by Gasteiger charge is 2.38. The monoisotopic (exact) mass is 524 g/mol. The minimum atomic E-state index is -4.59. The molecule has 8 nitrogen and oxygen atoms in total. The van der Waals surface area contributed by atoms with Gasteiger partial charge >= 0.3 is 6.18 Å². The normalized spacial score (nSPS) is 22.1. The molecule has 0 spiro atoms. The van der Waals surface area contributed by atoms with Crippen LogP contribution in [0.5, 0.6) is 5.75 Å². The number of nitrogens with one attached hydrogen (secondary N) is 1. The molecule has 2 aliphatic rings. The number of hydrogen-bond donors (Lipinski definition) is 2. The Labute approximate surface area is 178 Å². The Morgan fingerprint density at radius 2 is 2.14 bits per heavy atom. The summed E-state index contributed by atoms with van der Waals surface area (Å²) in [6.07, 6.45) is -1.68. The van der Waals surface area contributed by atoms with Crippen LogP contribution < -0.4 is 15.8 Å². The van der Waals surface area contributed by atoms with Crippen LogP contribution in [0.25, 0.3) is 0 Å². The maximum atomic E-state index is 13.3. The molecule has 12 heteroatoms. The number of hydrogen-bond acceptors (Lipinski definition) is 7. The zero-order valence-corrected chi connectivity index (χ0v) is 17.7. The summed E-state index contributed by atoms with van der Waals surface area (Å²) in [4.78, 5) is 7.20. The molecule has 1 aliphatic carbocycles. The summed E-state index contributed by atoms with van der Waals surface area (Å²) in [5.41, 5.74) is 5.32. The lowest BCUT2D eigenvalue weighted by molar-refractivity contribution is -0.137. The zero-order chi connectivity index (χ0) is 20.8. The van der Waals surface area contributed by atoms with E-state index >= 15 is 0 Å². The molecule has 1 saturated heterocycles. The van der Waals surface area contributed by atoms with Crippen molar-refractivity contribution in [2.75, 3.05) is 30.9 Å². The summed E-state index contributed by atoms with van der Waals surface area (Å²) in [7, 11) is 0. The topological polar surface area (TPSA) is 100 Å². The van der Waals surface area contributed by atoms with Crippen LogP contribution in [-0.4, -0.2) is 45.6 Å². The fourth-order valence-corrected chi connectivity index (χ4v) is 4.28. The van der Waals surface area contributed by atoms with Gasteiger partial charge in [-0.3, -0.25) is 4.68 Å². The third-order valence-corrected chi connectivity index (χ3v) is 5.93. The van der Waals surface area contributed by atoms with Crippen LogP contribution in [0.2, 0.25) is 0 Å². The number of ether oxygens (including phenoxy) is 2. The summed E-state index contributed by atoms with van der Waals surface area (Å²) in [5.74, 6) is -0.0279. The van der Waals surface area contributed by atoms with Crippen LogP contribution in [0.4, 0.5) is 24.9 Å². The molecule has 0 amide bonds. The largest absolute Gasteiger partial charge is 0.488 e. The van der Waals surface area contributed by atoms with Crippen molar-refractivity contribution in [2.24, 2.45) is 5.92 Å². The van der Waals surface area contributed by atoms with Gasteiger partial charge in [-0.2, -0.15) is 23.3 Å². The summed E-state index contributed by atoms with van der Waals surface area (Å²) >= 11 is 2.22. The number of alkyl halides is 3. The van der Waals surface area contributed by atoms with Gasteiger partial charge in [-0.1, -0.05) is 0 Å². The van der Waals surface area contributed by atoms with E-state index < -0.39 is 17.8 Å². The molecular formula is C17H20F3IN6O2. The predicted octanol–water partition coefficient (Wildman–Crippen LogP) is 3.03. The van der Waals surface area contributed by atoms with Gasteiger partial charge in [-0.05, 0) is 42.4 Å². The highest BCUT2D eigenvalue weighted by atomic mass is 127. The summed E-state index contributed by atoms with van der Waals surface area (Å²) in [6, 6.07) is 0.0352. The lowest BCUT2D eigenvalue weighted by Crippen LogP contribution is -2.33. The number of halogens is 4. The molecule has 2 atom stereocenters. The van der Waals surface area contributed by atoms with E-state index in [4.69, 9.17) is 15.2 Å². The van der Waals surface area contributed by atoms with Crippen molar-refractivity contribution < 1.29 is 22.6 Å². The Balaban J connectivity index is 1.46. The van der Waals surface area contributed by atoms with Gasteiger partial charge in [0.15, 0.2) is 5.75 Å². The van der Waals surface area contributed by atoms with E-state index in [0.29, 0.717) is 24.6 Å². The lowest BCUT2D eigenvalue weighted by Gasteiger charge is -2.22. The highest BCUT2D eigenvalue weighted by molar-refractivity contribution is 14.1. The molecule has 0 unspecified atom stereocenters. The molecule has 2 aromatic heterocycles. The first-order valence-electron chi connectivity index (χ1n) is 9.15. The Morgan fingerprint density at radius 3 is 2.83 bits per heavy atom. The number of nitrogens with two attached hydrogens (primary N) is 1. The van der Waals surface area contributed by atoms with Gasteiger partial charge < -0.3 is 20.5 Å². The Kier molecular flexibility index (Phi) is 5.48. The molecule has 3 heterocycles. The first kappa shape index (κ1) is 20.4. The molecule has 1 saturated carbocycles. The summed E-state index contributed by atoms with van der Waals surface area (Å²) < 4.78 is 54.2. The maximum Gasteiger partial charge on any atom is 0.421 e. The van der Waals surface area contributed by atoms with Crippen molar-refractivity contribution in [1.29, 1.82) is 0 Å². The van der Waals surface area contributed by atoms with Crippen LogP contribution in [-0.2, 0) is 10.9 Å². The number of rotatable bonds is 6. The Bertz CT molecular complexity index is 902. The van der Waals surface area contributed by atoms with Crippen molar-refractivity contribution in [1.82, 2.24) is 19.7 Å². The first-order chi connectivity index (χ1) is 13.7. The quantitative estimate of drug-likeness (QED) is 0.561. The molecule has 3 N–H and O–H groups in total. The Morgan fingerprint density at radius 1 is 1.38 bits per heavy atom. The van der Waals surface area contributed by atoms with Gasteiger partial charge in [0.05, 0.1) is 31.9 Å². The molecule has 158 valence electrons. The zero-order valence-electron chi connectivity index (χ0n) is 15.5. The van der Waals surface area contributed by atoms with Crippen molar-refractivity contribution in [3.05, 3.63) is 21.2 Å². The Hall–Kier alpha value is -1.83. The number of aryl methyl sites for hydroxylation is 1. The molecule has 0 radical (unpaired) electrons. The van der Waals surface area contributed by atoms with Crippen molar-refractivity contribution in [3.8, 4) is 5.75 Å². The predicted molar refractivity (Wildman–Crippen MR) is 107 cm³/mol. The third kappa shape index (κ3) is 4.37. The van der Waals surface area contributed by atoms with Gasteiger partial charge in [-0.25, -0.2) is 4.98 Å². The molecular weight excluding hydrogens is 504 g/mol. The van der Waals surface area contributed by atoms with E-state index in [9.17, 15) is 13.2 Å². The van der Waals surface area contributed by atoms with Crippen LogP contribution in [0.1, 0.15) is 30.1 Å². The average Bonchev–Trinajstić information content (AvgIpc) is 3.32. The highest BCUT2D eigenvalue weighted by Crippen LogP contribution is 2.39. The SMILES string of the molecule is Cc1nn(C2CC2)c(I)c1OC[C@@H]1COC[C@H]1Nc1nc(N)ncc1C(F)(F)F. The smallest absolute Gasteiger partial charge is 0.421 e. The van der Waals surface area contributed by atoms with E-state index in [-0.39, 0.29) is 30.9 Å². The number of nitrogens with zero attached hydrogens (tertiary/aromatic N) is 4. The van der Waals surface area contributed by atoms with Gasteiger partial charge in [0.2, 0.25) is 5.95 Å². The average molecular weight is 524 g/mol. The fourth-order valence-electron chi connectivity index (χ4n) is 3.23. The third-order valence-electron chi connectivity index (χ3n) is 4.94. The van der Waals surface area contributed by atoms with Crippen molar-refractivity contribution in [2.45, 2.75) is 38.0 Å². The van der Waals surface area contributed by atoms with Crippen LogP contribution in [0.15, 0.2) is 6.20 Å². The lowest BCUT2D eigenvalue weighted by atomic mass is 10.0. The van der Waals surface area contributed by atoms with E-state index in [1.165, 1.54) is 0 Å². The minimum Gasteiger partial charge on any atom is -0.488 e. The molecule has 4 rings (SSSR count). The molecule has 2 aromatic rings. The second kappa shape index (κ2) is 7.78. The second-order valence-corrected chi connectivity index (χ2v) is 8.25. The van der Waals surface area contributed by atoms with Gasteiger partial charge in [0.25, 0.3) is 0 Å². The number of aromatic nitrogens is 4. The molecule has 0 bridgehead atoms. The van der Waals surface area contributed by atoms with Crippen LogP contribution in [0.3, 0.4) is 0 Å². The summed E-state index contributed by atoms with van der Waals surface area (Å²) in [5, 5.41) is 7.36. The van der Waals surface area contributed by atoms with Crippen molar-refractivity contribution in [3.63, 3.8) is 0 Å². The van der Waals surface area contributed by atoms with E-state index in [1.807, 2.05) is 11.6 Å². The molecule has 1 aliphatic heterocycles. The van der Waals surface area contributed by atoms with Gasteiger partial charge in [0, 0.05) is 12.1 Å². The summed E-state index contributed by atoms with van der Waals surface area (Å²) in [6.45, 7) is 2.78. The van der Waals surface area contributed by atoms with E-state index in [0.717, 1.165) is 22.2 Å². The van der Waals surface area contributed by atoms with Gasteiger partial charge in [0.1, 0.15) is 20.8 Å². The standard InChI is InChI=1S/C17H20F3IN6O2/c1-8-13(14(21)27(26-8)10-2-3-10)29-6-9-5-28-7-12(9)24-15-11(17(18,19)20)4-23-16(22)25-15/h4,9-10,12H,2-3,5-7H2,1H3,(H3,22,23,24,25)/t9-,12+/m0/s1.